The molecular formula is C25H22N8OS. The van der Waals surface area contributed by atoms with Gasteiger partial charge in [0.2, 0.25) is 0 Å². The van der Waals surface area contributed by atoms with Gasteiger partial charge in [0.25, 0.3) is 0 Å². The summed E-state index contributed by atoms with van der Waals surface area (Å²) in [4.78, 5) is 23.9. The molecule has 0 aliphatic rings. The van der Waals surface area contributed by atoms with Gasteiger partial charge >= 0.3 is 0 Å². The van der Waals surface area contributed by atoms with Gasteiger partial charge in [0.15, 0.2) is 11.5 Å². The van der Waals surface area contributed by atoms with Crippen LogP contribution in [0.1, 0.15) is 0 Å². The van der Waals surface area contributed by atoms with E-state index in [-0.39, 0.29) is 0 Å². The van der Waals surface area contributed by atoms with Crippen LogP contribution in [0, 0.1) is 0 Å². The first-order valence-corrected chi connectivity index (χ1v) is 12.0. The fraction of sp³-hybridized carbons (Fsp3) is 0.160. The monoisotopic (exact) mass is 482 g/mol. The summed E-state index contributed by atoms with van der Waals surface area (Å²) in [5.41, 5.74) is 7.64. The van der Waals surface area contributed by atoms with Crippen LogP contribution < -0.4 is 4.74 Å². The summed E-state index contributed by atoms with van der Waals surface area (Å²) in [7, 11) is 4.03. The average molecular weight is 483 g/mol. The van der Waals surface area contributed by atoms with Gasteiger partial charge in [0, 0.05) is 30.1 Å². The Balaban J connectivity index is 1.38. The van der Waals surface area contributed by atoms with Gasteiger partial charge < -0.3 is 14.6 Å². The molecule has 35 heavy (non-hydrogen) atoms. The minimum Gasteiger partial charge on any atom is -0.491 e. The molecule has 2 N–H and O–H groups in total. The molecule has 6 rings (SSSR count). The number of pyridine rings is 3. The van der Waals surface area contributed by atoms with Crippen molar-refractivity contribution in [3.63, 3.8) is 0 Å². The number of rotatable bonds is 7. The summed E-state index contributed by atoms with van der Waals surface area (Å²) >= 11 is 1.65. The molecule has 6 aromatic heterocycles. The lowest BCUT2D eigenvalue weighted by Crippen LogP contribution is -2.19. The summed E-state index contributed by atoms with van der Waals surface area (Å²) in [5, 5.41) is 11.7. The van der Waals surface area contributed by atoms with E-state index in [1.54, 1.807) is 29.9 Å². The molecule has 0 saturated heterocycles. The third kappa shape index (κ3) is 4.13. The number of likely N-dealkylation sites (N-methyl/N-ethyl adjacent to an activating group) is 1. The number of thiophene rings is 1. The molecule has 10 heteroatoms. The van der Waals surface area contributed by atoms with E-state index in [0.29, 0.717) is 23.9 Å². The number of H-pyrrole nitrogens is 2. The van der Waals surface area contributed by atoms with Crippen molar-refractivity contribution in [3.05, 3.63) is 59.8 Å². The van der Waals surface area contributed by atoms with E-state index in [4.69, 9.17) is 14.7 Å². The molecule has 0 bridgehead atoms. The standard InChI is InChI=1S/C25H22N8OS/c1-33(2)6-7-34-17-9-16(10-26-11-17)19-3-4-20-23(28-19)24(32-31-20)25-29-21-13-27-12-18(22(21)30-25)15-5-8-35-14-15/h3-5,8-14H,6-7H2,1-2H3,(H,29,30)(H,31,32). The molecular weight excluding hydrogens is 460 g/mol. The fourth-order valence-corrected chi connectivity index (χ4v) is 4.54. The third-order valence-electron chi connectivity index (χ3n) is 5.67. The summed E-state index contributed by atoms with van der Waals surface area (Å²) in [5.74, 6) is 1.35. The van der Waals surface area contributed by atoms with Crippen molar-refractivity contribution >= 4 is 33.4 Å². The Morgan fingerprint density at radius 1 is 0.943 bits per heavy atom. The summed E-state index contributed by atoms with van der Waals surface area (Å²) in [6.07, 6.45) is 7.12. The predicted octanol–water partition coefficient (Wildman–Crippen LogP) is 4.63. The van der Waals surface area contributed by atoms with Crippen molar-refractivity contribution in [3.8, 4) is 39.7 Å². The van der Waals surface area contributed by atoms with Gasteiger partial charge in [-0.25, -0.2) is 9.97 Å². The maximum Gasteiger partial charge on any atom is 0.161 e. The normalized spacial score (nSPS) is 11.6. The van der Waals surface area contributed by atoms with Crippen LogP contribution in [0.5, 0.6) is 5.75 Å². The molecule has 0 fully saturated rings. The number of nitrogens with one attached hydrogen (secondary N) is 2. The molecule has 9 nitrogen and oxygen atoms in total. The molecule has 0 saturated carbocycles. The second kappa shape index (κ2) is 8.90. The van der Waals surface area contributed by atoms with Crippen LogP contribution in [-0.4, -0.2) is 67.3 Å². The lowest BCUT2D eigenvalue weighted by Gasteiger charge is -2.11. The Hall–Kier alpha value is -4.15. The molecule has 0 radical (unpaired) electrons. The Morgan fingerprint density at radius 2 is 1.86 bits per heavy atom. The highest BCUT2D eigenvalue weighted by Crippen LogP contribution is 2.32. The molecule has 6 heterocycles. The Bertz CT molecular complexity index is 1620. The van der Waals surface area contributed by atoms with Crippen LogP contribution in [-0.2, 0) is 0 Å². The predicted molar refractivity (Wildman–Crippen MR) is 137 cm³/mol. The first-order chi connectivity index (χ1) is 17.2. The van der Waals surface area contributed by atoms with Crippen molar-refractivity contribution in [1.82, 2.24) is 40.0 Å². The molecule has 0 unspecified atom stereocenters. The Morgan fingerprint density at radius 3 is 2.71 bits per heavy atom. The summed E-state index contributed by atoms with van der Waals surface area (Å²) in [6, 6.07) is 7.94. The second-order valence-electron chi connectivity index (χ2n) is 8.41. The average Bonchev–Trinajstić information content (AvgIpc) is 3.62. The van der Waals surface area contributed by atoms with Crippen molar-refractivity contribution in [2.75, 3.05) is 27.2 Å². The van der Waals surface area contributed by atoms with E-state index < -0.39 is 0 Å². The molecule has 6 aromatic rings. The zero-order valence-corrected chi connectivity index (χ0v) is 20.0. The highest BCUT2D eigenvalue weighted by Gasteiger charge is 2.17. The van der Waals surface area contributed by atoms with Crippen LogP contribution in [0.2, 0.25) is 0 Å². The first kappa shape index (κ1) is 21.4. The molecule has 0 amide bonds. The molecule has 174 valence electrons. The SMILES string of the molecule is CN(C)CCOc1cncc(-c2ccc3[nH]nc(-c4nc5c(-c6ccsc6)cncc5[nH]4)c3n2)c1. The molecule has 0 aliphatic carbocycles. The highest BCUT2D eigenvalue weighted by atomic mass is 32.1. The topological polar surface area (TPSA) is 109 Å². The Kier molecular flexibility index (Phi) is 5.44. The van der Waals surface area contributed by atoms with Crippen LogP contribution >= 0.6 is 11.3 Å². The van der Waals surface area contributed by atoms with Crippen LogP contribution in [0.4, 0.5) is 0 Å². The van der Waals surface area contributed by atoms with E-state index in [2.05, 4.69) is 41.5 Å². The van der Waals surface area contributed by atoms with E-state index in [0.717, 1.165) is 51.0 Å². The van der Waals surface area contributed by atoms with E-state index >= 15 is 0 Å². The lowest BCUT2D eigenvalue weighted by molar-refractivity contribution is 0.261. The number of ether oxygens (including phenoxy) is 1. The van der Waals surface area contributed by atoms with Gasteiger partial charge in [0.1, 0.15) is 23.4 Å². The van der Waals surface area contributed by atoms with Gasteiger partial charge in [0.05, 0.1) is 29.1 Å². The van der Waals surface area contributed by atoms with Gasteiger partial charge in [-0.1, -0.05) is 0 Å². The third-order valence-corrected chi connectivity index (χ3v) is 6.36. The number of imidazole rings is 1. The number of aromatic amines is 2. The van der Waals surface area contributed by atoms with Crippen LogP contribution in [0.3, 0.4) is 0 Å². The van der Waals surface area contributed by atoms with E-state index in [1.165, 1.54) is 0 Å². The highest BCUT2D eigenvalue weighted by molar-refractivity contribution is 7.08. The number of fused-ring (bicyclic) bond motifs is 2. The minimum atomic E-state index is 0.588. The van der Waals surface area contributed by atoms with E-state index in [9.17, 15) is 0 Å². The van der Waals surface area contributed by atoms with Gasteiger partial charge in [-0.15, -0.1) is 0 Å². The number of nitrogens with zero attached hydrogens (tertiary/aromatic N) is 6. The fourth-order valence-electron chi connectivity index (χ4n) is 3.88. The maximum absolute atomic E-state index is 5.85. The second-order valence-corrected chi connectivity index (χ2v) is 9.19. The minimum absolute atomic E-state index is 0.588. The van der Waals surface area contributed by atoms with Gasteiger partial charge in [-0.3, -0.25) is 15.1 Å². The Labute approximate surface area is 204 Å². The summed E-state index contributed by atoms with van der Waals surface area (Å²) in [6.45, 7) is 1.42. The van der Waals surface area contributed by atoms with Crippen LogP contribution in [0.15, 0.2) is 59.8 Å². The molecule has 0 aromatic carbocycles. The molecule has 0 spiro atoms. The number of aromatic nitrogens is 7. The van der Waals surface area contributed by atoms with E-state index in [1.807, 2.05) is 43.9 Å². The quantitative estimate of drug-likeness (QED) is 0.342. The van der Waals surface area contributed by atoms with Gasteiger partial charge in [-0.05, 0) is 54.7 Å². The van der Waals surface area contributed by atoms with Crippen molar-refractivity contribution in [2.24, 2.45) is 0 Å². The van der Waals surface area contributed by atoms with Gasteiger partial charge in [-0.2, -0.15) is 16.4 Å². The zero-order valence-electron chi connectivity index (χ0n) is 19.2. The number of hydrogen-bond acceptors (Lipinski definition) is 8. The largest absolute Gasteiger partial charge is 0.491 e. The van der Waals surface area contributed by atoms with Crippen molar-refractivity contribution < 1.29 is 4.74 Å². The lowest BCUT2D eigenvalue weighted by atomic mass is 10.1. The zero-order chi connectivity index (χ0) is 23.8. The van der Waals surface area contributed by atoms with Crippen molar-refractivity contribution in [1.29, 1.82) is 0 Å². The summed E-state index contributed by atoms with van der Waals surface area (Å²) < 4.78 is 5.85. The maximum atomic E-state index is 5.85. The van der Waals surface area contributed by atoms with Crippen molar-refractivity contribution in [2.45, 2.75) is 0 Å². The molecule has 0 aliphatic heterocycles. The first-order valence-electron chi connectivity index (χ1n) is 11.1. The number of hydrogen-bond donors (Lipinski definition) is 2. The smallest absolute Gasteiger partial charge is 0.161 e. The molecule has 0 atom stereocenters. The van der Waals surface area contributed by atoms with Crippen LogP contribution in [0.25, 0.3) is 56.0 Å².